The summed E-state index contributed by atoms with van der Waals surface area (Å²) in [6, 6.07) is 17.6. The standard InChI is InChI=1S/C22H28N2O3/c23-21(19-11-14-26-15-12-19)22(25)24-13-10-17-6-8-20(9-7-17)27-16-18-4-2-1-3-5-18/h1-9,19,21H,10-16,23H2,(H,24,25). The number of carbonyl (C=O) groups is 1. The molecular weight excluding hydrogens is 340 g/mol. The van der Waals surface area contributed by atoms with Gasteiger partial charge in [0.2, 0.25) is 5.91 Å². The second kappa shape index (κ2) is 10.1. The molecule has 0 radical (unpaired) electrons. The molecule has 1 aliphatic rings. The van der Waals surface area contributed by atoms with Gasteiger partial charge in [-0.15, -0.1) is 0 Å². The van der Waals surface area contributed by atoms with E-state index < -0.39 is 6.04 Å². The summed E-state index contributed by atoms with van der Waals surface area (Å²) in [4.78, 5) is 12.2. The maximum absolute atomic E-state index is 12.2. The van der Waals surface area contributed by atoms with Crippen LogP contribution in [-0.4, -0.2) is 31.7 Å². The Morgan fingerprint density at radius 1 is 1.07 bits per heavy atom. The third kappa shape index (κ3) is 6.08. The van der Waals surface area contributed by atoms with Gasteiger partial charge in [0.1, 0.15) is 12.4 Å². The highest BCUT2D eigenvalue weighted by Gasteiger charge is 2.26. The van der Waals surface area contributed by atoms with Crippen molar-refractivity contribution in [1.82, 2.24) is 5.32 Å². The molecule has 5 nitrogen and oxygen atoms in total. The first kappa shape index (κ1) is 19.4. The Bertz CT molecular complexity index is 697. The van der Waals surface area contributed by atoms with E-state index in [9.17, 15) is 4.79 Å². The quantitative estimate of drug-likeness (QED) is 0.751. The lowest BCUT2D eigenvalue weighted by Gasteiger charge is -2.26. The number of nitrogens with two attached hydrogens (primary N) is 1. The SMILES string of the molecule is NC(C(=O)NCCc1ccc(OCc2ccccc2)cc1)C1CCOCC1. The Morgan fingerprint density at radius 2 is 1.78 bits per heavy atom. The molecule has 0 aromatic heterocycles. The molecule has 3 rings (SSSR count). The maximum atomic E-state index is 12.2. The van der Waals surface area contributed by atoms with Crippen LogP contribution in [0.1, 0.15) is 24.0 Å². The Balaban J connectivity index is 1.38. The van der Waals surface area contributed by atoms with E-state index in [-0.39, 0.29) is 11.8 Å². The smallest absolute Gasteiger partial charge is 0.237 e. The summed E-state index contributed by atoms with van der Waals surface area (Å²) >= 11 is 0. The summed E-state index contributed by atoms with van der Waals surface area (Å²) in [6.07, 6.45) is 2.49. The van der Waals surface area contributed by atoms with E-state index in [1.54, 1.807) is 0 Å². The van der Waals surface area contributed by atoms with Crippen LogP contribution in [0.2, 0.25) is 0 Å². The number of hydrogen-bond acceptors (Lipinski definition) is 4. The minimum atomic E-state index is -0.442. The lowest BCUT2D eigenvalue weighted by molar-refractivity contribution is -0.124. The van der Waals surface area contributed by atoms with Gasteiger partial charge in [0.25, 0.3) is 0 Å². The summed E-state index contributed by atoms with van der Waals surface area (Å²) in [5.41, 5.74) is 8.39. The lowest BCUT2D eigenvalue weighted by atomic mass is 9.92. The van der Waals surface area contributed by atoms with Crippen LogP contribution in [0.25, 0.3) is 0 Å². The summed E-state index contributed by atoms with van der Waals surface area (Å²) in [5, 5.41) is 2.95. The van der Waals surface area contributed by atoms with E-state index in [1.807, 2.05) is 54.6 Å². The molecule has 1 aliphatic heterocycles. The van der Waals surface area contributed by atoms with Gasteiger partial charge < -0.3 is 20.5 Å². The third-order valence-corrected chi connectivity index (χ3v) is 4.96. The molecule has 1 unspecified atom stereocenters. The second-order valence-corrected chi connectivity index (χ2v) is 6.93. The molecule has 1 saturated heterocycles. The van der Waals surface area contributed by atoms with Gasteiger partial charge >= 0.3 is 0 Å². The van der Waals surface area contributed by atoms with Crippen molar-refractivity contribution in [3.05, 3.63) is 65.7 Å². The molecule has 2 aromatic rings. The molecule has 1 fully saturated rings. The molecule has 0 bridgehead atoms. The van der Waals surface area contributed by atoms with Crippen molar-refractivity contribution in [1.29, 1.82) is 0 Å². The van der Waals surface area contributed by atoms with Gasteiger partial charge in [-0.2, -0.15) is 0 Å². The fourth-order valence-electron chi connectivity index (χ4n) is 3.23. The van der Waals surface area contributed by atoms with Gasteiger partial charge in [-0.1, -0.05) is 42.5 Å². The molecule has 2 aromatic carbocycles. The zero-order chi connectivity index (χ0) is 18.9. The van der Waals surface area contributed by atoms with Crippen molar-refractivity contribution in [2.45, 2.75) is 31.9 Å². The molecule has 144 valence electrons. The van der Waals surface area contributed by atoms with Crippen molar-refractivity contribution >= 4 is 5.91 Å². The number of ether oxygens (including phenoxy) is 2. The molecule has 0 spiro atoms. The zero-order valence-electron chi connectivity index (χ0n) is 15.6. The number of amides is 1. The highest BCUT2D eigenvalue weighted by molar-refractivity contribution is 5.81. The maximum Gasteiger partial charge on any atom is 0.237 e. The predicted octanol–water partition coefficient (Wildman–Crippen LogP) is 2.68. The first-order chi connectivity index (χ1) is 13.2. The first-order valence-corrected chi connectivity index (χ1v) is 9.59. The molecule has 5 heteroatoms. The fraction of sp³-hybridized carbons (Fsp3) is 0.409. The van der Waals surface area contributed by atoms with Crippen LogP contribution in [0, 0.1) is 5.92 Å². The zero-order valence-corrected chi connectivity index (χ0v) is 15.6. The van der Waals surface area contributed by atoms with Gasteiger partial charge in [-0.25, -0.2) is 0 Å². The highest BCUT2D eigenvalue weighted by Crippen LogP contribution is 2.18. The van der Waals surface area contributed by atoms with Gasteiger partial charge in [0.15, 0.2) is 0 Å². The van der Waals surface area contributed by atoms with Crippen molar-refractivity contribution in [2.24, 2.45) is 11.7 Å². The molecule has 27 heavy (non-hydrogen) atoms. The largest absolute Gasteiger partial charge is 0.489 e. The molecule has 3 N–H and O–H groups in total. The minimum Gasteiger partial charge on any atom is -0.489 e. The van der Waals surface area contributed by atoms with E-state index in [1.165, 1.54) is 0 Å². The number of carbonyl (C=O) groups excluding carboxylic acids is 1. The van der Waals surface area contributed by atoms with Crippen molar-refractivity contribution in [2.75, 3.05) is 19.8 Å². The molecule has 1 atom stereocenters. The van der Waals surface area contributed by atoms with E-state index in [0.29, 0.717) is 26.4 Å². The Kier molecular flexibility index (Phi) is 7.25. The summed E-state index contributed by atoms with van der Waals surface area (Å²) in [6.45, 7) is 2.54. The summed E-state index contributed by atoms with van der Waals surface area (Å²) in [7, 11) is 0. The molecule has 1 heterocycles. The van der Waals surface area contributed by atoms with Crippen LogP contribution < -0.4 is 15.8 Å². The van der Waals surface area contributed by atoms with Gasteiger partial charge in [-0.05, 0) is 48.4 Å². The summed E-state index contributed by atoms with van der Waals surface area (Å²) < 4.78 is 11.1. The van der Waals surface area contributed by atoms with Crippen LogP contribution in [0.3, 0.4) is 0 Å². The molecule has 1 amide bonds. The Hall–Kier alpha value is -2.37. The van der Waals surface area contributed by atoms with Gasteiger partial charge in [-0.3, -0.25) is 4.79 Å². The molecule has 0 saturated carbocycles. The second-order valence-electron chi connectivity index (χ2n) is 6.93. The van der Waals surface area contributed by atoms with E-state index in [2.05, 4.69) is 5.32 Å². The lowest BCUT2D eigenvalue weighted by Crippen LogP contribution is -2.47. The average molecular weight is 368 g/mol. The van der Waals surface area contributed by atoms with Crippen LogP contribution >= 0.6 is 0 Å². The molecular formula is C22H28N2O3. The summed E-state index contributed by atoms with van der Waals surface area (Å²) in [5.74, 6) is 0.998. The first-order valence-electron chi connectivity index (χ1n) is 9.59. The van der Waals surface area contributed by atoms with E-state index >= 15 is 0 Å². The minimum absolute atomic E-state index is 0.0651. The van der Waals surface area contributed by atoms with Crippen LogP contribution in [-0.2, 0) is 22.6 Å². The van der Waals surface area contributed by atoms with Gasteiger partial charge in [0, 0.05) is 19.8 Å². The third-order valence-electron chi connectivity index (χ3n) is 4.96. The van der Waals surface area contributed by atoms with Crippen molar-refractivity contribution in [3.63, 3.8) is 0 Å². The predicted molar refractivity (Wildman–Crippen MR) is 105 cm³/mol. The Labute approximate surface area is 160 Å². The van der Waals surface area contributed by atoms with Gasteiger partial charge in [0.05, 0.1) is 6.04 Å². The topological polar surface area (TPSA) is 73.6 Å². The number of benzene rings is 2. The van der Waals surface area contributed by atoms with Crippen LogP contribution in [0.15, 0.2) is 54.6 Å². The normalized spacial score (nSPS) is 15.9. The number of hydrogen-bond donors (Lipinski definition) is 2. The Morgan fingerprint density at radius 3 is 2.48 bits per heavy atom. The highest BCUT2D eigenvalue weighted by atomic mass is 16.5. The van der Waals surface area contributed by atoms with E-state index in [4.69, 9.17) is 15.2 Å². The van der Waals surface area contributed by atoms with E-state index in [0.717, 1.165) is 36.1 Å². The average Bonchev–Trinajstić information content (AvgIpc) is 2.74. The molecule has 0 aliphatic carbocycles. The van der Waals surface area contributed by atoms with Crippen LogP contribution in [0.4, 0.5) is 0 Å². The number of rotatable bonds is 8. The monoisotopic (exact) mass is 368 g/mol. The number of nitrogens with one attached hydrogen (secondary N) is 1. The van der Waals surface area contributed by atoms with Crippen molar-refractivity contribution in [3.8, 4) is 5.75 Å². The van der Waals surface area contributed by atoms with Crippen molar-refractivity contribution < 1.29 is 14.3 Å². The fourth-order valence-corrected chi connectivity index (χ4v) is 3.23. The van der Waals surface area contributed by atoms with Crippen LogP contribution in [0.5, 0.6) is 5.75 Å².